The van der Waals surface area contributed by atoms with E-state index in [0.29, 0.717) is 30.8 Å². The second kappa shape index (κ2) is 9.70. The number of aryl methyl sites for hydroxylation is 2. The summed E-state index contributed by atoms with van der Waals surface area (Å²) >= 11 is 0. The lowest BCUT2D eigenvalue weighted by Crippen LogP contribution is -2.37. The molecule has 3 rings (SSSR count). The maximum absolute atomic E-state index is 12.3. The van der Waals surface area contributed by atoms with Crippen LogP contribution in [0.2, 0.25) is 0 Å². The van der Waals surface area contributed by atoms with Gasteiger partial charge in [-0.2, -0.15) is 9.78 Å². The number of nitrogens with one attached hydrogen (secondary N) is 3. The lowest BCUT2D eigenvalue weighted by Gasteiger charge is -2.09. The van der Waals surface area contributed by atoms with Crippen LogP contribution in [-0.2, 0) is 22.4 Å². The molecule has 0 saturated carbocycles. The van der Waals surface area contributed by atoms with Crippen LogP contribution in [0.25, 0.3) is 5.95 Å². The molecule has 0 bridgehead atoms. The molecule has 0 spiro atoms. The van der Waals surface area contributed by atoms with Gasteiger partial charge >= 0.3 is 11.8 Å². The first kappa shape index (κ1) is 21.8. The number of hydrogen-bond donors (Lipinski definition) is 3. The Hall–Kier alpha value is -3.95. The molecule has 162 valence electrons. The number of methoxy groups -OCH3 is 1. The number of aromatic nitrogens is 4. The highest BCUT2D eigenvalue weighted by molar-refractivity contribution is 6.39. The molecule has 0 aliphatic carbocycles. The van der Waals surface area contributed by atoms with E-state index in [2.05, 4.69) is 25.7 Å². The molecule has 2 amide bonds. The number of anilines is 1. The first-order chi connectivity index (χ1) is 14.9. The van der Waals surface area contributed by atoms with E-state index in [9.17, 15) is 14.4 Å². The number of aromatic amines is 1. The number of carbonyl (C=O) groups excluding carboxylic acids is 2. The van der Waals surface area contributed by atoms with Gasteiger partial charge in [-0.25, -0.2) is 4.98 Å². The topological polar surface area (TPSA) is 131 Å². The van der Waals surface area contributed by atoms with Crippen molar-refractivity contribution in [1.82, 2.24) is 25.1 Å². The SMILES string of the molecule is CCc1cc(=O)[nH]c(-n2nc(C)cc2NC(=O)C(=O)NCCc2ccc(OC)cc2)n1. The van der Waals surface area contributed by atoms with Crippen LogP contribution in [0.5, 0.6) is 5.75 Å². The Morgan fingerprint density at radius 3 is 2.58 bits per heavy atom. The maximum atomic E-state index is 12.3. The van der Waals surface area contributed by atoms with E-state index < -0.39 is 11.8 Å². The lowest BCUT2D eigenvalue weighted by atomic mass is 10.1. The normalized spacial score (nSPS) is 10.5. The highest BCUT2D eigenvalue weighted by Crippen LogP contribution is 2.14. The summed E-state index contributed by atoms with van der Waals surface area (Å²) in [6.07, 6.45) is 1.13. The largest absolute Gasteiger partial charge is 0.497 e. The zero-order valence-corrected chi connectivity index (χ0v) is 17.6. The predicted molar refractivity (Wildman–Crippen MR) is 114 cm³/mol. The fourth-order valence-corrected chi connectivity index (χ4v) is 2.89. The minimum atomic E-state index is -0.843. The van der Waals surface area contributed by atoms with Crippen LogP contribution in [0.1, 0.15) is 23.9 Å². The summed E-state index contributed by atoms with van der Waals surface area (Å²) in [5.74, 6) is -0.483. The molecule has 0 unspecified atom stereocenters. The summed E-state index contributed by atoms with van der Waals surface area (Å²) in [5.41, 5.74) is 1.84. The van der Waals surface area contributed by atoms with Gasteiger partial charge in [-0.1, -0.05) is 19.1 Å². The second-order valence-corrected chi connectivity index (χ2v) is 6.80. The molecule has 0 aliphatic heterocycles. The Morgan fingerprint density at radius 2 is 1.90 bits per heavy atom. The van der Waals surface area contributed by atoms with E-state index in [1.54, 1.807) is 20.1 Å². The number of nitrogens with zero attached hydrogens (tertiary/aromatic N) is 3. The van der Waals surface area contributed by atoms with Crippen LogP contribution >= 0.6 is 0 Å². The molecule has 3 aromatic rings. The molecule has 3 N–H and O–H groups in total. The van der Waals surface area contributed by atoms with Crippen molar-refractivity contribution < 1.29 is 14.3 Å². The molecule has 0 aliphatic rings. The average Bonchev–Trinajstić information content (AvgIpc) is 3.13. The van der Waals surface area contributed by atoms with E-state index in [-0.39, 0.29) is 17.3 Å². The van der Waals surface area contributed by atoms with Gasteiger partial charge in [0.05, 0.1) is 12.8 Å². The maximum Gasteiger partial charge on any atom is 0.314 e. The van der Waals surface area contributed by atoms with Gasteiger partial charge in [0.1, 0.15) is 11.6 Å². The molecule has 10 heteroatoms. The average molecular weight is 424 g/mol. The van der Waals surface area contributed by atoms with Crippen molar-refractivity contribution in [3.63, 3.8) is 0 Å². The Labute approximate surface area is 178 Å². The van der Waals surface area contributed by atoms with E-state index in [1.807, 2.05) is 31.2 Å². The fourth-order valence-electron chi connectivity index (χ4n) is 2.89. The summed E-state index contributed by atoms with van der Waals surface area (Å²) in [4.78, 5) is 43.3. The third-order valence-electron chi connectivity index (χ3n) is 4.48. The van der Waals surface area contributed by atoms with Crippen molar-refractivity contribution >= 4 is 17.6 Å². The van der Waals surface area contributed by atoms with E-state index >= 15 is 0 Å². The van der Waals surface area contributed by atoms with Crippen LogP contribution in [0.4, 0.5) is 5.82 Å². The molecule has 31 heavy (non-hydrogen) atoms. The van der Waals surface area contributed by atoms with Gasteiger partial charge in [0, 0.05) is 24.4 Å². The summed E-state index contributed by atoms with van der Waals surface area (Å²) in [6, 6.07) is 10.4. The van der Waals surface area contributed by atoms with E-state index in [0.717, 1.165) is 11.3 Å². The fraction of sp³-hybridized carbons (Fsp3) is 0.286. The number of benzene rings is 1. The van der Waals surface area contributed by atoms with Crippen molar-refractivity contribution in [1.29, 1.82) is 0 Å². The van der Waals surface area contributed by atoms with Crippen molar-refractivity contribution in [2.24, 2.45) is 0 Å². The van der Waals surface area contributed by atoms with E-state index in [4.69, 9.17) is 4.74 Å². The summed E-state index contributed by atoms with van der Waals surface area (Å²) in [7, 11) is 1.59. The number of H-pyrrole nitrogens is 1. The second-order valence-electron chi connectivity index (χ2n) is 6.80. The van der Waals surface area contributed by atoms with Gasteiger partial charge in [0.15, 0.2) is 0 Å². The minimum absolute atomic E-state index is 0.160. The smallest absolute Gasteiger partial charge is 0.314 e. The molecule has 2 heterocycles. The zero-order valence-electron chi connectivity index (χ0n) is 17.6. The Kier molecular flexibility index (Phi) is 6.81. The van der Waals surface area contributed by atoms with Gasteiger partial charge in [-0.05, 0) is 37.5 Å². The number of hydrogen-bond acceptors (Lipinski definition) is 6. The molecule has 0 fully saturated rings. The first-order valence-electron chi connectivity index (χ1n) is 9.79. The lowest BCUT2D eigenvalue weighted by molar-refractivity contribution is -0.136. The molecule has 0 saturated heterocycles. The molecule has 2 aromatic heterocycles. The van der Waals surface area contributed by atoms with Crippen LogP contribution in [-0.4, -0.2) is 45.2 Å². The van der Waals surface area contributed by atoms with Crippen LogP contribution in [0.15, 0.2) is 41.2 Å². The molecular weight excluding hydrogens is 400 g/mol. The molecule has 10 nitrogen and oxygen atoms in total. The van der Waals surface area contributed by atoms with Gasteiger partial charge in [-0.3, -0.25) is 19.4 Å². The van der Waals surface area contributed by atoms with Gasteiger partial charge < -0.3 is 15.4 Å². The quantitative estimate of drug-likeness (QED) is 0.488. The Balaban J connectivity index is 1.64. The Bertz CT molecular complexity index is 1130. The third kappa shape index (κ3) is 5.56. The zero-order chi connectivity index (χ0) is 22.4. The minimum Gasteiger partial charge on any atom is -0.497 e. The number of carbonyl (C=O) groups is 2. The van der Waals surface area contributed by atoms with E-state index in [1.165, 1.54) is 10.7 Å². The number of ether oxygens (including phenoxy) is 1. The third-order valence-corrected chi connectivity index (χ3v) is 4.48. The first-order valence-corrected chi connectivity index (χ1v) is 9.79. The molecular formula is C21H24N6O4. The molecule has 0 radical (unpaired) electrons. The highest BCUT2D eigenvalue weighted by Gasteiger charge is 2.18. The van der Waals surface area contributed by atoms with Crippen molar-refractivity contribution in [2.75, 3.05) is 19.0 Å². The number of amides is 2. The molecule has 1 aromatic carbocycles. The van der Waals surface area contributed by atoms with Gasteiger partial charge in [0.25, 0.3) is 5.56 Å². The summed E-state index contributed by atoms with van der Waals surface area (Å²) in [5, 5.41) is 9.36. The van der Waals surface area contributed by atoms with Crippen LogP contribution in [0.3, 0.4) is 0 Å². The molecule has 0 atom stereocenters. The summed E-state index contributed by atoms with van der Waals surface area (Å²) < 4.78 is 6.40. The predicted octanol–water partition coefficient (Wildman–Crippen LogP) is 1.13. The van der Waals surface area contributed by atoms with Crippen molar-refractivity contribution in [3.8, 4) is 11.7 Å². The van der Waals surface area contributed by atoms with Crippen molar-refractivity contribution in [3.05, 3.63) is 63.7 Å². The standard InChI is InChI=1S/C21H24N6O4/c1-4-15-12-18(28)25-21(23-15)27-17(11-13(2)26-27)24-20(30)19(29)22-10-9-14-5-7-16(31-3)8-6-14/h5-8,11-12H,4,9-10H2,1-3H3,(H,22,29)(H,24,30)(H,23,25,28). The number of rotatable bonds is 7. The van der Waals surface area contributed by atoms with Crippen molar-refractivity contribution in [2.45, 2.75) is 26.7 Å². The van der Waals surface area contributed by atoms with Gasteiger partial charge in [0.2, 0.25) is 5.95 Å². The highest BCUT2D eigenvalue weighted by atomic mass is 16.5. The van der Waals surface area contributed by atoms with Crippen LogP contribution in [0, 0.1) is 6.92 Å². The van der Waals surface area contributed by atoms with Gasteiger partial charge in [-0.15, -0.1) is 0 Å². The van der Waals surface area contributed by atoms with Crippen LogP contribution < -0.4 is 20.9 Å². The monoisotopic (exact) mass is 424 g/mol. The Morgan fingerprint density at radius 1 is 1.16 bits per heavy atom. The summed E-state index contributed by atoms with van der Waals surface area (Å²) in [6.45, 7) is 3.89.